The number of halogens is 1. The van der Waals surface area contributed by atoms with Crippen molar-refractivity contribution in [1.82, 2.24) is 14.7 Å². The van der Waals surface area contributed by atoms with E-state index in [1.807, 2.05) is 4.90 Å². The van der Waals surface area contributed by atoms with Gasteiger partial charge in [-0.2, -0.15) is 5.10 Å². The number of carbonyl (C=O) groups excluding carboxylic acids is 2. The third kappa shape index (κ3) is 4.63. The first-order valence-corrected chi connectivity index (χ1v) is 10.7. The first-order valence-electron chi connectivity index (χ1n) is 10.7. The summed E-state index contributed by atoms with van der Waals surface area (Å²) in [6.07, 6.45) is 1.27. The minimum Gasteiger partial charge on any atom is -0.476 e. The summed E-state index contributed by atoms with van der Waals surface area (Å²) in [6.45, 7) is 1.47. The molecule has 1 amide bonds. The lowest BCUT2D eigenvalue weighted by atomic mass is 9.88. The zero-order chi connectivity index (χ0) is 23.7. The van der Waals surface area contributed by atoms with Crippen molar-refractivity contribution in [2.45, 2.75) is 12.8 Å². The number of carboxylic acids is 1. The van der Waals surface area contributed by atoms with E-state index >= 15 is 0 Å². The van der Waals surface area contributed by atoms with Crippen LogP contribution in [0.15, 0.2) is 42.5 Å². The van der Waals surface area contributed by atoms with Crippen LogP contribution in [0.2, 0.25) is 0 Å². The van der Waals surface area contributed by atoms with E-state index in [1.54, 1.807) is 44.4 Å². The van der Waals surface area contributed by atoms with Crippen LogP contribution in [0.1, 0.15) is 33.7 Å². The lowest BCUT2D eigenvalue weighted by Gasteiger charge is -2.32. The Balaban J connectivity index is 1.37. The topological polar surface area (TPSA) is 95.7 Å². The molecule has 1 saturated heterocycles. The second-order valence-electron chi connectivity index (χ2n) is 8.35. The summed E-state index contributed by atoms with van der Waals surface area (Å²) in [6, 6.07) is 10.8. The van der Waals surface area contributed by atoms with Crippen molar-refractivity contribution in [3.8, 4) is 0 Å². The number of carbonyl (C=O) groups is 3. The molecule has 9 heteroatoms. The van der Waals surface area contributed by atoms with E-state index in [0.29, 0.717) is 48.1 Å². The Hall–Kier alpha value is -3.59. The van der Waals surface area contributed by atoms with E-state index in [0.717, 1.165) is 0 Å². The fraction of sp³-hybridized carbons (Fsp3) is 0.333. The number of aromatic carboxylic acids is 1. The van der Waals surface area contributed by atoms with Crippen LogP contribution in [-0.2, 0) is 11.8 Å². The number of anilines is 1. The van der Waals surface area contributed by atoms with Gasteiger partial charge < -0.3 is 10.0 Å². The highest BCUT2D eigenvalue weighted by Crippen LogP contribution is 2.25. The predicted molar refractivity (Wildman–Crippen MR) is 121 cm³/mol. The van der Waals surface area contributed by atoms with Gasteiger partial charge in [0.25, 0.3) is 0 Å². The zero-order valence-electron chi connectivity index (χ0n) is 18.5. The van der Waals surface area contributed by atoms with Crippen LogP contribution >= 0.6 is 0 Å². The van der Waals surface area contributed by atoms with Crippen molar-refractivity contribution in [2.24, 2.45) is 13.0 Å². The number of Topliss-reactive ketones (excluding diaryl/α,β-unsaturated/α-hetero) is 1. The maximum absolute atomic E-state index is 13.1. The second-order valence-corrected chi connectivity index (χ2v) is 8.35. The number of amides is 1. The molecule has 1 fully saturated rings. The maximum Gasteiger partial charge on any atom is 0.357 e. The van der Waals surface area contributed by atoms with Gasteiger partial charge in [0.15, 0.2) is 11.5 Å². The third-order valence-corrected chi connectivity index (χ3v) is 6.24. The van der Waals surface area contributed by atoms with Crippen molar-refractivity contribution >= 4 is 34.3 Å². The number of likely N-dealkylation sites (N-methyl/N-ethyl adjacent to an activating group) is 1. The molecule has 1 aliphatic heterocycles. The summed E-state index contributed by atoms with van der Waals surface area (Å²) >= 11 is 0. The number of fused-ring (bicyclic) bond motifs is 1. The Morgan fingerprint density at radius 3 is 2.42 bits per heavy atom. The highest BCUT2D eigenvalue weighted by atomic mass is 19.1. The Morgan fingerprint density at radius 2 is 1.79 bits per heavy atom. The van der Waals surface area contributed by atoms with Gasteiger partial charge in [0.2, 0.25) is 5.91 Å². The molecule has 0 aliphatic carbocycles. The summed E-state index contributed by atoms with van der Waals surface area (Å²) < 4.78 is 14.6. The van der Waals surface area contributed by atoms with E-state index in [1.165, 1.54) is 21.7 Å². The van der Waals surface area contributed by atoms with Crippen LogP contribution in [0.5, 0.6) is 0 Å². The summed E-state index contributed by atoms with van der Waals surface area (Å²) in [5.41, 5.74) is 1.73. The van der Waals surface area contributed by atoms with E-state index in [9.17, 15) is 23.9 Å². The number of aromatic nitrogens is 2. The number of ketones is 1. The minimum absolute atomic E-state index is 0.0179. The average molecular weight is 452 g/mol. The van der Waals surface area contributed by atoms with Gasteiger partial charge in [-0.1, -0.05) is 6.07 Å². The number of hydrogen-bond acceptors (Lipinski definition) is 5. The molecule has 0 unspecified atom stereocenters. The molecule has 0 radical (unpaired) electrons. The molecule has 0 atom stereocenters. The normalized spacial score (nSPS) is 15.0. The maximum atomic E-state index is 13.1. The van der Waals surface area contributed by atoms with Gasteiger partial charge >= 0.3 is 5.97 Å². The molecule has 1 N–H and O–H groups in total. The standard InChI is InChI=1S/C24H25FN4O4/c1-27(18-6-4-17(25)5-7-18)21(30)14-29-11-9-15(10-12-29)23(31)16-3-8-19-20(13-16)28(2)26-22(19)24(32)33/h3-8,13,15H,9-12,14H2,1-2H3,(H,32,33). The van der Waals surface area contributed by atoms with E-state index in [-0.39, 0.29) is 35.7 Å². The Bertz CT molecular complexity index is 1210. The molecule has 0 bridgehead atoms. The summed E-state index contributed by atoms with van der Waals surface area (Å²) in [5, 5.41) is 13.8. The Labute approximate surface area is 190 Å². The fourth-order valence-corrected chi connectivity index (χ4v) is 4.26. The number of carboxylic acid groups (broad SMARTS) is 1. The van der Waals surface area contributed by atoms with Crippen LogP contribution in [0.25, 0.3) is 10.9 Å². The first kappa shape index (κ1) is 22.6. The molecule has 2 heterocycles. The fourth-order valence-electron chi connectivity index (χ4n) is 4.26. The Kier molecular flexibility index (Phi) is 6.24. The van der Waals surface area contributed by atoms with Gasteiger partial charge in [-0.15, -0.1) is 0 Å². The molecular weight excluding hydrogens is 427 g/mol. The van der Waals surface area contributed by atoms with E-state index in [4.69, 9.17) is 0 Å². The number of likely N-dealkylation sites (tertiary alicyclic amines) is 1. The summed E-state index contributed by atoms with van der Waals surface area (Å²) in [4.78, 5) is 40.6. The molecular formula is C24H25FN4O4. The van der Waals surface area contributed by atoms with Crippen LogP contribution in [0.3, 0.4) is 0 Å². The van der Waals surface area contributed by atoms with Crippen molar-refractivity contribution in [3.63, 3.8) is 0 Å². The minimum atomic E-state index is -1.10. The van der Waals surface area contributed by atoms with Gasteiger partial charge in [0.1, 0.15) is 5.82 Å². The largest absolute Gasteiger partial charge is 0.476 e. The van der Waals surface area contributed by atoms with Crippen LogP contribution < -0.4 is 4.90 Å². The van der Waals surface area contributed by atoms with Crippen LogP contribution in [0, 0.1) is 11.7 Å². The smallest absolute Gasteiger partial charge is 0.357 e. The number of piperidine rings is 1. The highest BCUT2D eigenvalue weighted by Gasteiger charge is 2.28. The zero-order valence-corrected chi connectivity index (χ0v) is 18.5. The van der Waals surface area contributed by atoms with Gasteiger partial charge in [0, 0.05) is 36.7 Å². The first-order chi connectivity index (χ1) is 15.7. The molecule has 0 spiro atoms. The quantitative estimate of drug-likeness (QED) is 0.578. The number of hydrogen-bond donors (Lipinski definition) is 1. The van der Waals surface area contributed by atoms with Crippen molar-refractivity contribution in [3.05, 3.63) is 59.5 Å². The molecule has 1 aromatic heterocycles. The third-order valence-electron chi connectivity index (χ3n) is 6.24. The lowest BCUT2D eigenvalue weighted by Crippen LogP contribution is -2.43. The van der Waals surface area contributed by atoms with Crippen LogP contribution in [-0.4, -0.2) is 64.1 Å². The molecule has 3 aromatic rings. The van der Waals surface area contributed by atoms with Gasteiger partial charge in [-0.05, 0) is 62.3 Å². The van der Waals surface area contributed by atoms with Crippen molar-refractivity contribution in [2.75, 3.05) is 31.6 Å². The number of nitrogens with zero attached hydrogens (tertiary/aromatic N) is 4. The molecule has 1 aliphatic rings. The Morgan fingerprint density at radius 1 is 1.12 bits per heavy atom. The lowest BCUT2D eigenvalue weighted by molar-refractivity contribution is -0.119. The summed E-state index contributed by atoms with van der Waals surface area (Å²) in [5.74, 6) is -1.69. The van der Waals surface area contributed by atoms with E-state index < -0.39 is 5.97 Å². The van der Waals surface area contributed by atoms with Gasteiger partial charge in [0.05, 0.1) is 12.1 Å². The van der Waals surface area contributed by atoms with Crippen molar-refractivity contribution < 1.29 is 23.9 Å². The average Bonchev–Trinajstić information content (AvgIpc) is 3.15. The molecule has 4 rings (SSSR count). The molecule has 172 valence electrons. The monoisotopic (exact) mass is 452 g/mol. The SMILES string of the molecule is CN(C(=O)CN1CCC(C(=O)c2ccc3c(C(=O)O)nn(C)c3c2)CC1)c1ccc(F)cc1. The van der Waals surface area contributed by atoms with Crippen molar-refractivity contribution in [1.29, 1.82) is 0 Å². The molecule has 8 nitrogen and oxygen atoms in total. The number of aryl methyl sites for hydroxylation is 1. The molecule has 33 heavy (non-hydrogen) atoms. The number of rotatable bonds is 6. The highest BCUT2D eigenvalue weighted by molar-refractivity contribution is 6.05. The van der Waals surface area contributed by atoms with Crippen LogP contribution in [0.4, 0.5) is 10.1 Å². The van der Waals surface area contributed by atoms with E-state index in [2.05, 4.69) is 5.10 Å². The number of benzene rings is 2. The van der Waals surface area contributed by atoms with Gasteiger partial charge in [-0.25, -0.2) is 9.18 Å². The molecule has 0 saturated carbocycles. The summed E-state index contributed by atoms with van der Waals surface area (Å²) in [7, 11) is 3.32. The molecule has 2 aromatic carbocycles. The predicted octanol–water partition coefficient (Wildman–Crippen LogP) is 2.97. The second kappa shape index (κ2) is 9.11. The van der Waals surface area contributed by atoms with Gasteiger partial charge in [-0.3, -0.25) is 19.2 Å².